The molecule has 0 aliphatic rings. The Hall–Kier alpha value is -2.73. The third-order valence-corrected chi connectivity index (χ3v) is 3.14. The SMILES string of the molecule is Cc1ccc(OCc2ncn(-c3ccccc3)n2)c(CO)n1. The van der Waals surface area contributed by atoms with Crippen LogP contribution in [-0.4, -0.2) is 24.9 Å². The van der Waals surface area contributed by atoms with E-state index in [9.17, 15) is 5.11 Å². The van der Waals surface area contributed by atoms with Crippen molar-refractivity contribution in [3.05, 3.63) is 66.0 Å². The van der Waals surface area contributed by atoms with Crippen molar-refractivity contribution < 1.29 is 9.84 Å². The van der Waals surface area contributed by atoms with Gasteiger partial charge in [-0.3, -0.25) is 4.98 Å². The highest BCUT2D eigenvalue weighted by Gasteiger charge is 2.08. The summed E-state index contributed by atoms with van der Waals surface area (Å²) >= 11 is 0. The van der Waals surface area contributed by atoms with Crippen molar-refractivity contribution in [2.45, 2.75) is 20.1 Å². The number of hydrogen-bond acceptors (Lipinski definition) is 5. The highest BCUT2D eigenvalue weighted by molar-refractivity contribution is 5.30. The number of nitrogens with zero attached hydrogens (tertiary/aromatic N) is 4. The minimum atomic E-state index is -0.164. The van der Waals surface area contributed by atoms with Gasteiger partial charge in [0.05, 0.1) is 12.3 Å². The highest BCUT2D eigenvalue weighted by Crippen LogP contribution is 2.18. The monoisotopic (exact) mass is 296 g/mol. The molecule has 0 unspecified atom stereocenters. The number of aromatic nitrogens is 4. The Morgan fingerprint density at radius 3 is 2.73 bits per heavy atom. The lowest BCUT2D eigenvalue weighted by molar-refractivity contribution is 0.250. The fourth-order valence-electron chi connectivity index (χ4n) is 2.05. The largest absolute Gasteiger partial charge is 0.484 e. The molecule has 6 nitrogen and oxygen atoms in total. The highest BCUT2D eigenvalue weighted by atomic mass is 16.5. The zero-order chi connectivity index (χ0) is 15.4. The van der Waals surface area contributed by atoms with E-state index in [-0.39, 0.29) is 13.2 Å². The van der Waals surface area contributed by atoms with Crippen molar-refractivity contribution >= 4 is 0 Å². The van der Waals surface area contributed by atoms with E-state index in [1.807, 2.05) is 43.3 Å². The number of para-hydroxylation sites is 1. The summed E-state index contributed by atoms with van der Waals surface area (Å²) in [5.74, 6) is 1.11. The number of hydrogen-bond donors (Lipinski definition) is 1. The average Bonchev–Trinajstić information content (AvgIpc) is 3.03. The van der Waals surface area contributed by atoms with Gasteiger partial charge in [0, 0.05) is 5.69 Å². The molecular weight excluding hydrogens is 280 g/mol. The van der Waals surface area contributed by atoms with Crippen LogP contribution in [0.1, 0.15) is 17.2 Å². The van der Waals surface area contributed by atoms with Gasteiger partial charge in [-0.05, 0) is 31.2 Å². The van der Waals surface area contributed by atoms with E-state index in [4.69, 9.17) is 4.74 Å². The molecule has 0 aliphatic carbocycles. The summed E-state index contributed by atoms with van der Waals surface area (Å²) in [4.78, 5) is 8.46. The van der Waals surface area contributed by atoms with Crippen molar-refractivity contribution in [2.75, 3.05) is 0 Å². The van der Waals surface area contributed by atoms with Crippen molar-refractivity contribution in [3.8, 4) is 11.4 Å². The van der Waals surface area contributed by atoms with Crippen LogP contribution in [0.4, 0.5) is 0 Å². The normalized spacial score (nSPS) is 10.6. The van der Waals surface area contributed by atoms with Crippen molar-refractivity contribution in [1.82, 2.24) is 19.7 Å². The number of aliphatic hydroxyl groups excluding tert-OH is 1. The first-order valence-corrected chi connectivity index (χ1v) is 6.92. The van der Waals surface area contributed by atoms with Gasteiger partial charge in [0.2, 0.25) is 0 Å². The van der Waals surface area contributed by atoms with Crippen molar-refractivity contribution in [1.29, 1.82) is 0 Å². The molecule has 3 rings (SSSR count). The molecule has 22 heavy (non-hydrogen) atoms. The third kappa shape index (κ3) is 3.12. The Kier molecular flexibility index (Phi) is 4.11. The zero-order valence-corrected chi connectivity index (χ0v) is 12.2. The second kappa shape index (κ2) is 6.36. The maximum Gasteiger partial charge on any atom is 0.188 e. The molecule has 1 aromatic carbocycles. The molecule has 1 N–H and O–H groups in total. The average molecular weight is 296 g/mol. The van der Waals surface area contributed by atoms with E-state index >= 15 is 0 Å². The summed E-state index contributed by atoms with van der Waals surface area (Å²) in [5.41, 5.74) is 2.29. The van der Waals surface area contributed by atoms with E-state index in [0.29, 0.717) is 17.3 Å². The van der Waals surface area contributed by atoms with Gasteiger partial charge in [-0.2, -0.15) is 0 Å². The van der Waals surface area contributed by atoms with Crippen LogP contribution < -0.4 is 4.74 Å². The molecular formula is C16H16N4O2. The first-order valence-electron chi connectivity index (χ1n) is 6.92. The fraction of sp³-hybridized carbons (Fsp3) is 0.188. The summed E-state index contributed by atoms with van der Waals surface area (Å²) in [6.45, 7) is 1.92. The first-order chi connectivity index (χ1) is 10.8. The predicted octanol–water partition coefficient (Wildman–Crippen LogP) is 2.04. The molecule has 0 radical (unpaired) electrons. The van der Waals surface area contributed by atoms with E-state index < -0.39 is 0 Å². The standard InChI is InChI=1S/C16H16N4O2/c1-12-7-8-15(14(9-21)18-12)22-10-16-17-11-20(19-16)13-5-3-2-4-6-13/h2-8,11,21H,9-10H2,1H3. The summed E-state index contributed by atoms with van der Waals surface area (Å²) in [7, 11) is 0. The molecule has 0 aliphatic heterocycles. The summed E-state index contributed by atoms with van der Waals surface area (Å²) in [6.07, 6.45) is 1.65. The molecule has 3 aromatic rings. The Labute approximate surface area is 128 Å². The Balaban J connectivity index is 1.71. The van der Waals surface area contributed by atoms with Gasteiger partial charge >= 0.3 is 0 Å². The Morgan fingerprint density at radius 1 is 1.14 bits per heavy atom. The molecule has 0 saturated heterocycles. The molecule has 0 saturated carbocycles. The van der Waals surface area contributed by atoms with Gasteiger partial charge in [-0.25, -0.2) is 9.67 Å². The van der Waals surface area contributed by atoms with Gasteiger partial charge in [0.15, 0.2) is 5.82 Å². The maximum atomic E-state index is 9.31. The summed E-state index contributed by atoms with van der Waals surface area (Å²) in [6, 6.07) is 13.4. The Morgan fingerprint density at radius 2 is 1.95 bits per heavy atom. The minimum Gasteiger partial charge on any atom is -0.484 e. The van der Waals surface area contributed by atoms with Crippen LogP contribution in [0.3, 0.4) is 0 Å². The molecule has 0 bridgehead atoms. The predicted molar refractivity (Wildman–Crippen MR) is 80.6 cm³/mol. The van der Waals surface area contributed by atoms with Crippen LogP contribution in [0.2, 0.25) is 0 Å². The fourth-order valence-corrected chi connectivity index (χ4v) is 2.05. The topological polar surface area (TPSA) is 73.1 Å². The quantitative estimate of drug-likeness (QED) is 0.780. The summed E-state index contributed by atoms with van der Waals surface area (Å²) < 4.78 is 7.35. The molecule has 2 aromatic heterocycles. The molecule has 0 amide bonds. The summed E-state index contributed by atoms with van der Waals surface area (Å²) in [5, 5.41) is 13.7. The number of ether oxygens (including phenoxy) is 1. The van der Waals surface area contributed by atoms with E-state index in [1.165, 1.54) is 0 Å². The minimum absolute atomic E-state index is 0.164. The van der Waals surface area contributed by atoms with E-state index in [0.717, 1.165) is 11.4 Å². The van der Waals surface area contributed by atoms with Crippen molar-refractivity contribution in [2.24, 2.45) is 0 Å². The molecule has 0 atom stereocenters. The van der Waals surface area contributed by atoms with Crippen LogP contribution >= 0.6 is 0 Å². The van der Waals surface area contributed by atoms with E-state index in [1.54, 1.807) is 17.1 Å². The molecule has 0 spiro atoms. The second-order valence-electron chi connectivity index (χ2n) is 4.79. The third-order valence-electron chi connectivity index (χ3n) is 3.14. The van der Waals surface area contributed by atoms with E-state index in [2.05, 4.69) is 15.1 Å². The maximum absolute atomic E-state index is 9.31. The van der Waals surface area contributed by atoms with Gasteiger partial charge in [-0.1, -0.05) is 18.2 Å². The number of pyridine rings is 1. The number of aryl methyl sites for hydroxylation is 1. The number of benzene rings is 1. The lowest BCUT2D eigenvalue weighted by atomic mass is 10.3. The van der Waals surface area contributed by atoms with Gasteiger partial charge in [0.25, 0.3) is 0 Å². The molecule has 2 heterocycles. The van der Waals surface area contributed by atoms with Crippen LogP contribution in [0.5, 0.6) is 5.75 Å². The second-order valence-corrected chi connectivity index (χ2v) is 4.79. The Bertz CT molecular complexity index is 756. The molecule has 6 heteroatoms. The lowest BCUT2D eigenvalue weighted by Crippen LogP contribution is -2.03. The smallest absolute Gasteiger partial charge is 0.188 e. The lowest BCUT2D eigenvalue weighted by Gasteiger charge is -2.08. The van der Waals surface area contributed by atoms with Gasteiger partial charge in [-0.15, -0.1) is 5.10 Å². The van der Waals surface area contributed by atoms with Crippen LogP contribution in [0.25, 0.3) is 5.69 Å². The molecule has 112 valence electrons. The van der Waals surface area contributed by atoms with Crippen molar-refractivity contribution in [3.63, 3.8) is 0 Å². The van der Waals surface area contributed by atoms with Gasteiger partial charge in [0.1, 0.15) is 24.4 Å². The molecule has 0 fully saturated rings. The van der Waals surface area contributed by atoms with Crippen LogP contribution in [0.15, 0.2) is 48.8 Å². The first kappa shape index (κ1) is 14.2. The van der Waals surface area contributed by atoms with Crippen LogP contribution in [-0.2, 0) is 13.2 Å². The number of aliphatic hydroxyl groups is 1. The number of rotatable bonds is 5. The van der Waals surface area contributed by atoms with Gasteiger partial charge < -0.3 is 9.84 Å². The van der Waals surface area contributed by atoms with Crippen LogP contribution in [0, 0.1) is 6.92 Å². The zero-order valence-electron chi connectivity index (χ0n) is 12.2.